The third-order valence-corrected chi connectivity index (χ3v) is 2.73. The highest BCUT2D eigenvalue weighted by molar-refractivity contribution is 5.85. The number of hydrogen-bond donors (Lipinski definition) is 2. The summed E-state index contributed by atoms with van der Waals surface area (Å²) in [6, 6.07) is 0. The summed E-state index contributed by atoms with van der Waals surface area (Å²) < 4.78 is 0. The van der Waals surface area contributed by atoms with E-state index in [1.54, 1.807) is 0 Å². The van der Waals surface area contributed by atoms with Crippen LogP contribution in [0.3, 0.4) is 0 Å². The van der Waals surface area contributed by atoms with E-state index in [1.165, 1.54) is 0 Å². The molecule has 1 aliphatic heterocycles. The van der Waals surface area contributed by atoms with Crippen molar-refractivity contribution in [3.63, 3.8) is 0 Å². The van der Waals surface area contributed by atoms with Crippen molar-refractivity contribution >= 4 is 5.91 Å². The monoisotopic (exact) mass is 214 g/mol. The normalized spacial score (nSPS) is 26.7. The molecule has 0 aliphatic carbocycles. The van der Waals surface area contributed by atoms with E-state index in [4.69, 9.17) is 4.84 Å². The average Bonchev–Trinajstić information content (AvgIpc) is 2.62. The van der Waals surface area contributed by atoms with Crippen LogP contribution in [0.4, 0.5) is 0 Å². The first-order valence-electron chi connectivity index (χ1n) is 5.63. The third-order valence-electron chi connectivity index (χ3n) is 2.73. The molecule has 88 valence electrons. The van der Waals surface area contributed by atoms with Gasteiger partial charge in [-0.2, -0.15) is 0 Å². The topological polar surface area (TPSA) is 50.4 Å². The van der Waals surface area contributed by atoms with Crippen LogP contribution in [0, 0.1) is 0 Å². The molecule has 0 saturated carbocycles. The Bertz CT molecular complexity index is 227. The van der Waals surface area contributed by atoms with Crippen molar-refractivity contribution in [3.8, 4) is 0 Å². The second-order valence-corrected chi connectivity index (χ2v) is 5.11. The van der Waals surface area contributed by atoms with E-state index in [-0.39, 0.29) is 11.5 Å². The average molecular weight is 214 g/mol. The fourth-order valence-electron chi connectivity index (χ4n) is 1.76. The molecular weight excluding hydrogens is 192 g/mol. The smallest absolute Gasteiger partial charge is 0.263 e. The van der Waals surface area contributed by atoms with E-state index >= 15 is 0 Å². The summed E-state index contributed by atoms with van der Waals surface area (Å²) in [4.78, 5) is 17.2. The van der Waals surface area contributed by atoms with E-state index in [0.717, 1.165) is 25.8 Å². The highest BCUT2D eigenvalue weighted by Crippen LogP contribution is 2.23. The molecule has 15 heavy (non-hydrogen) atoms. The molecule has 0 aromatic carbocycles. The molecule has 4 nitrogen and oxygen atoms in total. The zero-order valence-corrected chi connectivity index (χ0v) is 10.1. The lowest BCUT2D eigenvalue weighted by Crippen LogP contribution is -2.54. The summed E-state index contributed by atoms with van der Waals surface area (Å²) in [7, 11) is 0. The Morgan fingerprint density at radius 2 is 2.20 bits per heavy atom. The highest BCUT2D eigenvalue weighted by Gasteiger charge is 2.39. The largest absolute Gasteiger partial charge is 0.303 e. The van der Waals surface area contributed by atoms with Gasteiger partial charge >= 0.3 is 0 Å². The van der Waals surface area contributed by atoms with E-state index in [2.05, 4.69) is 10.8 Å². The van der Waals surface area contributed by atoms with E-state index < -0.39 is 5.54 Å². The predicted octanol–water partition coefficient (Wildman–Crippen LogP) is 1.36. The molecule has 0 spiro atoms. The number of rotatable bonds is 3. The van der Waals surface area contributed by atoms with Crippen LogP contribution >= 0.6 is 0 Å². The molecule has 0 bridgehead atoms. The van der Waals surface area contributed by atoms with Crippen LogP contribution in [0.1, 0.15) is 47.0 Å². The lowest BCUT2D eigenvalue weighted by atomic mass is 9.93. The van der Waals surface area contributed by atoms with Crippen molar-refractivity contribution in [1.29, 1.82) is 0 Å². The molecule has 2 N–H and O–H groups in total. The molecule has 1 heterocycles. The summed E-state index contributed by atoms with van der Waals surface area (Å²) in [6.07, 6.45) is 2.74. The quantitative estimate of drug-likeness (QED) is 0.698. The van der Waals surface area contributed by atoms with Crippen molar-refractivity contribution in [1.82, 2.24) is 10.8 Å². The number of nitrogens with one attached hydrogen (secondary N) is 2. The Labute approximate surface area is 91.7 Å². The van der Waals surface area contributed by atoms with Gasteiger partial charge in [-0.05, 0) is 46.6 Å². The number of hydroxylamine groups is 1. The van der Waals surface area contributed by atoms with Gasteiger partial charge in [0.15, 0.2) is 0 Å². The van der Waals surface area contributed by atoms with Gasteiger partial charge in [0, 0.05) is 0 Å². The van der Waals surface area contributed by atoms with Crippen LogP contribution < -0.4 is 10.8 Å². The first-order chi connectivity index (χ1) is 6.90. The Hall–Kier alpha value is -0.610. The van der Waals surface area contributed by atoms with Gasteiger partial charge in [-0.25, -0.2) is 5.48 Å². The van der Waals surface area contributed by atoms with Gasteiger partial charge in [0.2, 0.25) is 0 Å². The van der Waals surface area contributed by atoms with Crippen molar-refractivity contribution in [2.75, 3.05) is 6.54 Å². The van der Waals surface area contributed by atoms with Crippen molar-refractivity contribution in [2.45, 2.75) is 58.1 Å². The van der Waals surface area contributed by atoms with E-state index in [0.29, 0.717) is 0 Å². The van der Waals surface area contributed by atoms with Gasteiger partial charge in [0.1, 0.15) is 0 Å². The second-order valence-electron chi connectivity index (χ2n) is 5.11. The third kappa shape index (κ3) is 3.18. The molecule has 1 rings (SSSR count). The molecular formula is C11H22N2O2. The van der Waals surface area contributed by atoms with Gasteiger partial charge < -0.3 is 5.32 Å². The fourth-order valence-corrected chi connectivity index (χ4v) is 1.76. The van der Waals surface area contributed by atoms with Gasteiger partial charge in [0.25, 0.3) is 5.91 Å². The number of carbonyl (C=O) groups is 1. The minimum atomic E-state index is -0.411. The summed E-state index contributed by atoms with van der Waals surface area (Å²) in [5.74, 6) is -0.0441. The van der Waals surface area contributed by atoms with Crippen LogP contribution in [-0.2, 0) is 9.63 Å². The van der Waals surface area contributed by atoms with Crippen LogP contribution in [0.25, 0.3) is 0 Å². The van der Waals surface area contributed by atoms with Gasteiger partial charge in [-0.3, -0.25) is 9.63 Å². The maximum Gasteiger partial charge on any atom is 0.263 e. The second kappa shape index (κ2) is 4.49. The molecule has 0 aromatic heterocycles. The van der Waals surface area contributed by atoms with E-state index in [1.807, 2.05) is 27.7 Å². The Kier molecular flexibility index (Phi) is 3.73. The number of hydrogen-bond acceptors (Lipinski definition) is 3. The SMILES string of the molecule is CCC1(C(=O)NOC(C)(C)C)CCCN1. The molecule has 1 fully saturated rings. The molecule has 1 amide bonds. The minimum Gasteiger partial charge on any atom is -0.303 e. The summed E-state index contributed by atoms with van der Waals surface area (Å²) >= 11 is 0. The van der Waals surface area contributed by atoms with Crippen molar-refractivity contribution in [2.24, 2.45) is 0 Å². The zero-order chi connectivity index (χ0) is 11.5. The number of carbonyl (C=O) groups excluding carboxylic acids is 1. The zero-order valence-electron chi connectivity index (χ0n) is 10.1. The predicted molar refractivity (Wildman–Crippen MR) is 59.2 cm³/mol. The summed E-state index contributed by atoms with van der Waals surface area (Å²) in [5, 5.41) is 3.26. The van der Waals surface area contributed by atoms with E-state index in [9.17, 15) is 4.79 Å². The molecule has 0 aromatic rings. The minimum absolute atomic E-state index is 0.0441. The molecule has 1 unspecified atom stereocenters. The first-order valence-corrected chi connectivity index (χ1v) is 5.63. The van der Waals surface area contributed by atoms with Gasteiger partial charge in [-0.15, -0.1) is 0 Å². The van der Waals surface area contributed by atoms with Crippen molar-refractivity contribution < 1.29 is 9.63 Å². The van der Waals surface area contributed by atoms with Crippen molar-refractivity contribution in [3.05, 3.63) is 0 Å². The van der Waals surface area contributed by atoms with Crippen LogP contribution in [0.5, 0.6) is 0 Å². The van der Waals surface area contributed by atoms with Crippen LogP contribution in [-0.4, -0.2) is 23.6 Å². The molecule has 4 heteroatoms. The summed E-state index contributed by atoms with van der Waals surface area (Å²) in [5.41, 5.74) is 1.80. The fraction of sp³-hybridized carbons (Fsp3) is 0.909. The van der Waals surface area contributed by atoms with Crippen LogP contribution in [0.2, 0.25) is 0 Å². The lowest BCUT2D eigenvalue weighted by molar-refractivity contribution is -0.152. The standard InChI is InChI=1S/C11H22N2O2/c1-5-11(7-6-8-12-11)9(14)13-15-10(2,3)4/h12H,5-8H2,1-4H3,(H,13,14). The summed E-state index contributed by atoms with van der Waals surface area (Å²) in [6.45, 7) is 8.67. The maximum atomic E-state index is 11.9. The highest BCUT2D eigenvalue weighted by atomic mass is 16.7. The molecule has 0 radical (unpaired) electrons. The van der Waals surface area contributed by atoms with Gasteiger partial charge in [0.05, 0.1) is 11.1 Å². The maximum absolute atomic E-state index is 11.9. The Morgan fingerprint density at radius 3 is 2.60 bits per heavy atom. The van der Waals surface area contributed by atoms with Gasteiger partial charge in [-0.1, -0.05) is 6.92 Å². The molecule has 1 atom stereocenters. The Balaban J connectivity index is 2.51. The number of amides is 1. The molecule has 1 aliphatic rings. The molecule has 1 saturated heterocycles. The first kappa shape index (κ1) is 12.5. The lowest BCUT2D eigenvalue weighted by Gasteiger charge is -2.28. The Morgan fingerprint density at radius 1 is 1.53 bits per heavy atom. The van der Waals surface area contributed by atoms with Crippen LogP contribution in [0.15, 0.2) is 0 Å².